The van der Waals surface area contributed by atoms with Gasteiger partial charge in [-0.15, -0.1) is 0 Å². The van der Waals surface area contributed by atoms with E-state index in [0.717, 1.165) is 18.8 Å². The number of carbonyl (C=O) groups excluding carboxylic acids is 1. The highest BCUT2D eigenvalue weighted by molar-refractivity contribution is 5.88. The maximum absolute atomic E-state index is 13.6. The molecular formula is C23H25N7O2. The molecule has 1 fully saturated rings. The number of benzene rings is 1. The average molecular weight is 432 g/mol. The number of amides is 1. The van der Waals surface area contributed by atoms with Crippen LogP contribution in [-0.4, -0.2) is 73.1 Å². The molecule has 0 saturated carbocycles. The van der Waals surface area contributed by atoms with Crippen LogP contribution >= 0.6 is 0 Å². The van der Waals surface area contributed by atoms with Gasteiger partial charge in [-0.25, -0.2) is 9.36 Å². The molecule has 0 aliphatic carbocycles. The van der Waals surface area contributed by atoms with Crippen molar-refractivity contribution in [1.82, 2.24) is 33.9 Å². The molecule has 1 aliphatic rings. The lowest BCUT2D eigenvalue weighted by atomic mass is 10.2. The van der Waals surface area contributed by atoms with Gasteiger partial charge in [0.1, 0.15) is 17.4 Å². The smallest absolute Gasteiger partial charge is 0.280 e. The highest BCUT2D eigenvalue weighted by Crippen LogP contribution is 2.24. The van der Waals surface area contributed by atoms with Crippen LogP contribution < -0.4 is 5.56 Å². The molecule has 1 saturated heterocycles. The third-order valence-corrected chi connectivity index (χ3v) is 5.91. The van der Waals surface area contributed by atoms with Crippen LogP contribution in [0, 0.1) is 6.92 Å². The lowest BCUT2D eigenvalue weighted by Gasteiger charge is -2.32. The van der Waals surface area contributed by atoms with Crippen molar-refractivity contribution >= 4 is 16.8 Å². The van der Waals surface area contributed by atoms with Crippen molar-refractivity contribution in [3.63, 3.8) is 0 Å². The normalized spacial score (nSPS) is 14.9. The van der Waals surface area contributed by atoms with Crippen molar-refractivity contribution in [2.45, 2.75) is 13.5 Å². The summed E-state index contributed by atoms with van der Waals surface area (Å²) in [5.41, 5.74) is 1.66. The molecule has 4 heterocycles. The zero-order valence-electron chi connectivity index (χ0n) is 18.2. The fourth-order valence-electron chi connectivity index (χ4n) is 4.12. The fraction of sp³-hybridized carbons (Fsp3) is 0.304. The zero-order chi connectivity index (χ0) is 22.2. The number of para-hydroxylation sites is 1. The molecule has 0 spiro atoms. The lowest BCUT2D eigenvalue weighted by molar-refractivity contribution is -0.133. The van der Waals surface area contributed by atoms with Gasteiger partial charge in [-0.05, 0) is 38.2 Å². The molecule has 0 N–H and O–H groups in total. The number of rotatable bonds is 4. The fourth-order valence-corrected chi connectivity index (χ4v) is 4.12. The van der Waals surface area contributed by atoms with Crippen molar-refractivity contribution in [3.05, 3.63) is 70.9 Å². The maximum atomic E-state index is 13.6. The summed E-state index contributed by atoms with van der Waals surface area (Å²) in [6.07, 6.45) is 3.76. The second-order valence-electron chi connectivity index (χ2n) is 8.12. The molecule has 164 valence electrons. The van der Waals surface area contributed by atoms with Gasteiger partial charge in [0.05, 0.1) is 11.4 Å². The van der Waals surface area contributed by atoms with Crippen LogP contribution in [0.4, 0.5) is 0 Å². The van der Waals surface area contributed by atoms with E-state index in [9.17, 15) is 9.59 Å². The standard InChI is InChI=1S/C23H25N7O2/c1-17-21-20(23(32)29(24-17)16-19(31)27-14-12-26(2)13-15-27)22(28-10-6-7-11-28)30(25-21)18-8-4-3-5-9-18/h3-11H,12-16H2,1-2H3. The zero-order valence-corrected chi connectivity index (χ0v) is 18.2. The number of aryl methyl sites for hydroxylation is 1. The Bertz CT molecular complexity index is 1310. The lowest BCUT2D eigenvalue weighted by Crippen LogP contribution is -2.48. The van der Waals surface area contributed by atoms with E-state index in [0.29, 0.717) is 35.5 Å². The number of likely N-dealkylation sites (N-methyl/N-ethyl adjacent to an activating group) is 1. The predicted octanol–water partition coefficient (Wildman–Crippen LogP) is 1.46. The van der Waals surface area contributed by atoms with Crippen molar-refractivity contribution in [2.24, 2.45) is 0 Å². The Morgan fingerprint density at radius 3 is 2.34 bits per heavy atom. The molecule has 9 nitrogen and oxygen atoms in total. The van der Waals surface area contributed by atoms with Gasteiger partial charge in [-0.1, -0.05) is 18.2 Å². The minimum Gasteiger partial charge on any atom is -0.339 e. The van der Waals surface area contributed by atoms with Crippen LogP contribution in [0.5, 0.6) is 0 Å². The third-order valence-electron chi connectivity index (χ3n) is 5.91. The topological polar surface area (TPSA) is 81.2 Å². The minimum atomic E-state index is -0.320. The van der Waals surface area contributed by atoms with Gasteiger partial charge < -0.3 is 14.4 Å². The number of nitrogens with zero attached hydrogens (tertiary/aromatic N) is 7. The van der Waals surface area contributed by atoms with Gasteiger partial charge in [0.2, 0.25) is 5.91 Å². The van der Waals surface area contributed by atoms with Crippen LogP contribution in [0.3, 0.4) is 0 Å². The maximum Gasteiger partial charge on any atom is 0.280 e. The highest BCUT2D eigenvalue weighted by Gasteiger charge is 2.24. The monoisotopic (exact) mass is 431 g/mol. The van der Waals surface area contributed by atoms with E-state index < -0.39 is 0 Å². The number of piperazine rings is 1. The van der Waals surface area contributed by atoms with Gasteiger partial charge in [0, 0.05) is 38.6 Å². The summed E-state index contributed by atoms with van der Waals surface area (Å²) in [4.78, 5) is 30.4. The third kappa shape index (κ3) is 3.50. The molecule has 0 atom stereocenters. The molecule has 1 amide bonds. The van der Waals surface area contributed by atoms with Gasteiger partial charge >= 0.3 is 0 Å². The Labute approximate surface area is 185 Å². The van der Waals surface area contributed by atoms with Gasteiger partial charge in [0.25, 0.3) is 5.56 Å². The van der Waals surface area contributed by atoms with Crippen LogP contribution in [0.1, 0.15) is 5.69 Å². The largest absolute Gasteiger partial charge is 0.339 e. The summed E-state index contributed by atoms with van der Waals surface area (Å²) in [6.45, 7) is 4.71. The second kappa shape index (κ2) is 8.08. The first-order valence-electron chi connectivity index (χ1n) is 10.7. The Balaban J connectivity index is 1.63. The Morgan fingerprint density at radius 1 is 0.969 bits per heavy atom. The molecule has 9 heteroatoms. The Morgan fingerprint density at radius 2 is 1.66 bits per heavy atom. The van der Waals surface area contributed by atoms with Crippen molar-refractivity contribution in [2.75, 3.05) is 33.2 Å². The van der Waals surface area contributed by atoms with Gasteiger partial charge in [0.15, 0.2) is 5.82 Å². The van der Waals surface area contributed by atoms with Crippen molar-refractivity contribution in [1.29, 1.82) is 0 Å². The first-order chi connectivity index (χ1) is 15.5. The molecule has 1 aromatic carbocycles. The van der Waals surface area contributed by atoms with Crippen LogP contribution in [0.25, 0.3) is 22.4 Å². The Hall–Kier alpha value is -3.72. The first-order valence-corrected chi connectivity index (χ1v) is 10.7. The molecule has 0 bridgehead atoms. The average Bonchev–Trinajstić information content (AvgIpc) is 3.46. The molecule has 0 radical (unpaired) electrons. The van der Waals surface area contributed by atoms with E-state index in [1.165, 1.54) is 4.68 Å². The molecule has 32 heavy (non-hydrogen) atoms. The molecular weight excluding hydrogens is 406 g/mol. The predicted molar refractivity (Wildman–Crippen MR) is 121 cm³/mol. The van der Waals surface area contributed by atoms with Crippen molar-refractivity contribution in [3.8, 4) is 11.5 Å². The molecule has 4 aromatic rings. The highest BCUT2D eigenvalue weighted by atomic mass is 16.2. The summed E-state index contributed by atoms with van der Waals surface area (Å²) in [5, 5.41) is 9.63. The van der Waals surface area contributed by atoms with E-state index in [-0.39, 0.29) is 18.0 Å². The molecule has 5 rings (SSSR count). The number of aromatic nitrogens is 5. The summed E-state index contributed by atoms with van der Waals surface area (Å²) in [6, 6.07) is 13.5. The van der Waals surface area contributed by atoms with E-state index in [4.69, 9.17) is 5.10 Å². The number of hydrogen-bond donors (Lipinski definition) is 0. The van der Waals surface area contributed by atoms with E-state index in [1.54, 1.807) is 9.58 Å². The van der Waals surface area contributed by atoms with E-state index in [2.05, 4.69) is 10.00 Å². The Kier molecular flexibility index (Phi) is 5.10. The molecule has 0 unspecified atom stereocenters. The quantitative estimate of drug-likeness (QED) is 0.489. The van der Waals surface area contributed by atoms with E-state index in [1.807, 2.05) is 73.4 Å². The van der Waals surface area contributed by atoms with Gasteiger partial charge in [-0.2, -0.15) is 10.2 Å². The summed E-state index contributed by atoms with van der Waals surface area (Å²) in [5.74, 6) is 0.539. The summed E-state index contributed by atoms with van der Waals surface area (Å²) >= 11 is 0. The first kappa shape index (κ1) is 20.2. The summed E-state index contributed by atoms with van der Waals surface area (Å²) in [7, 11) is 2.04. The number of carbonyl (C=O) groups is 1. The van der Waals surface area contributed by atoms with Gasteiger partial charge in [-0.3, -0.25) is 9.59 Å². The minimum absolute atomic E-state index is 0.0824. The second-order valence-corrected chi connectivity index (χ2v) is 8.12. The van der Waals surface area contributed by atoms with E-state index >= 15 is 0 Å². The molecule has 1 aliphatic heterocycles. The van der Waals surface area contributed by atoms with Crippen LogP contribution in [0.2, 0.25) is 0 Å². The van der Waals surface area contributed by atoms with Crippen LogP contribution in [-0.2, 0) is 11.3 Å². The van der Waals surface area contributed by atoms with Crippen LogP contribution in [0.15, 0.2) is 59.7 Å². The molecule has 3 aromatic heterocycles. The number of fused-ring (bicyclic) bond motifs is 1. The summed E-state index contributed by atoms with van der Waals surface area (Å²) < 4.78 is 4.91. The SMILES string of the molecule is Cc1nn(CC(=O)N2CCN(C)CC2)c(=O)c2c(-n3cccc3)n(-c3ccccc3)nc12. The van der Waals surface area contributed by atoms with Crippen molar-refractivity contribution < 1.29 is 4.79 Å². The number of hydrogen-bond acceptors (Lipinski definition) is 5.